The molecule has 1 saturated carbocycles. The maximum absolute atomic E-state index is 12.3. The van der Waals surface area contributed by atoms with Crippen LogP contribution in [0, 0.1) is 12.8 Å². The van der Waals surface area contributed by atoms with Gasteiger partial charge in [-0.05, 0) is 38.0 Å². The van der Waals surface area contributed by atoms with Crippen molar-refractivity contribution in [1.82, 2.24) is 25.7 Å². The second kappa shape index (κ2) is 8.42. The Morgan fingerprint density at radius 3 is 2.61 bits per heavy atom. The van der Waals surface area contributed by atoms with Crippen molar-refractivity contribution in [3.8, 4) is 17.0 Å². The van der Waals surface area contributed by atoms with Crippen LogP contribution in [0.5, 0.6) is 5.75 Å². The summed E-state index contributed by atoms with van der Waals surface area (Å²) in [5.41, 5.74) is 3.52. The van der Waals surface area contributed by atoms with Crippen molar-refractivity contribution in [3.63, 3.8) is 0 Å². The van der Waals surface area contributed by atoms with Gasteiger partial charge in [-0.2, -0.15) is 5.10 Å². The Hall–Kier alpha value is -3.95. The zero-order chi connectivity index (χ0) is 22.0. The molecule has 3 aromatic rings. The number of hydrogen-bond donors (Lipinski definition) is 4. The van der Waals surface area contributed by atoms with Gasteiger partial charge in [-0.3, -0.25) is 14.7 Å². The molecule has 160 valence electrons. The summed E-state index contributed by atoms with van der Waals surface area (Å²) in [4.78, 5) is 24.5. The van der Waals surface area contributed by atoms with Crippen molar-refractivity contribution in [2.75, 3.05) is 24.8 Å². The van der Waals surface area contributed by atoms with E-state index in [2.05, 4.69) is 36.3 Å². The highest BCUT2D eigenvalue weighted by Crippen LogP contribution is 2.38. The van der Waals surface area contributed by atoms with Gasteiger partial charge in [0.05, 0.1) is 24.2 Å². The highest BCUT2D eigenvalue weighted by molar-refractivity contribution is 6.00. The predicted octanol–water partition coefficient (Wildman–Crippen LogP) is 2.64. The summed E-state index contributed by atoms with van der Waals surface area (Å²) in [7, 11) is 3.08. The van der Waals surface area contributed by atoms with Gasteiger partial charge in [0.15, 0.2) is 17.3 Å². The van der Waals surface area contributed by atoms with Gasteiger partial charge in [-0.15, -0.1) is 10.2 Å². The molecule has 0 saturated heterocycles. The van der Waals surface area contributed by atoms with E-state index in [0.717, 1.165) is 29.8 Å². The van der Waals surface area contributed by atoms with Crippen LogP contribution in [0.1, 0.15) is 29.0 Å². The second-order valence-corrected chi connectivity index (χ2v) is 7.28. The lowest BCUT2D eigenvalue weighted by atomic mass is 10.1. The molecule has 1 aromatic carbocycles. The third-order valence-electron chi connectivity index (χ3n) is 4.91. The molecule has 31 heavy (non-hydrogen) atoms. The molecule has 0 bridgehead atoms. The van der Waals surface area contributed by atoms with Gasteiger partial charge >= 0.3 is 0 Å². The van der Waals surface area contributed by atoms with Gasteiger partial charge in [0.25, 0.3) is 5.91 Å². The summed E-state index contributed by atoms with van der Waals surface area (Å²) < 4.78 is 5.65. The Morgan fingerprint density at radius 2 is 1.97 bits per heavy atom. The lowest BCUT2D eigenvalue weighted by Crippen LogP contribution is -2.22. The van der Waals surface area contributed by atoms with Gasteiger partial charge in [0.2, 0.25) is 5.91 Å². The Labute approximate surface area is 178 Å². The van der Waals surface area contributed by atoms with Crippen molar-refractivity contribution in [2.24, 2.45) is 5.92 Å². The monoisotopic (exact) mass is 421 g/mol. The first kappa shape index (κ1) is 20.3. The topological polar surface area (TPSA) is 134 Å². The molecule has 10 heteroatoms. The van der Waals surface area contributed by atoms with Gasteiger partial charge in [0.1, 0.15) is 0 Å². The molecular weight excluding hydrogens is 398 g/mol. The highest BCUT2D eigenvalue weighted by atomic mass is 16.5. The maximum Gasteiger partial charge on any atom is 0.273 e. The number of para-hydroxylation sites is 1. The average Bonchev–Trinajstić information content (AvgIpc) is 3.54. The minimum atomic E-state index is -0.409. The summed E-state index contributed by atoms with van der Waals surface area (Å²) in [6.07, 6.45) is 1.74. The van der Waals surface area contributed by atoms with Crippen LogP contribution in [-0.2, 0) is 4.79 Å². The van der Waals surface area contributed by atoms with Crippen molar-refractivity contribution in [3.05, 3.63) is 41.7 Å². The largest absolute Gasteiger partial charge is 0.494 e. The van der Waals surface area contributed by atoms with E-state index in [0.29, 0.717) is 17.1 Å². The van der Waals surface area contributed by atoms with Crippen LogP contribution in [0.4, 0.5) is 17.2 Å². The summed E-state index contributed by atoms with van der Waals surface area (Å²) in [5.74, 6) is 0.336. The number of ether oxygens (including phenoxy) is 1. The Morgan fingerprint density at radius 1 is 1.16 bits per heavy atom. The molecule has 1 fully saturated rings. The van der Waals surface area contributed by atoms with E-state index in [4.69, 9.17) is 4.74 Å². The number of nitrogens with one attached hydrogen (secondary N) is 4. The molecule has 2 amide bonds. The zero-order valence-electron chi connectivity index (χ0n) is 17.4. The molecule has 2 aromatic heterocycles. The number of carbonyl (C=O) groups is 2. The van der Waals surface area contributed by atoms with Crippen molar-refractivity contribution in [1.29, 1.82) is 0 Å². The van der Waals surface area contributed by atoms with Gasteiger partial charge in [0, 0.05) is 30.3 Å². The summed E-state index contributed by atoms with van der Waals surface area (Å²) in [5, 5.41) is 23.7. The molecule has 0 radical (unpaired) electrons. The van der Waals surface area contributed by atoms with Crippen LogP contribution in [0.3, 0.4) is 0 Å². The molecule has 1 aliphatic carbocycles. The summed E-state index contributed by atoms with van der Waals surface area (Å²) in [6.45, 7) is 1.92. The van der Waals surface area contributed by atoms with E-state index >= 15 is 0 Å². The molecule has 0 aliphatic heterocycles. The van der Waals surface area contributed by atoms with Gasteiger partial charge in [-0.25, -0.2) is 0 Å². The van der Waals surface area contributed by atoms with Crippen LogP contribution < -0.4 is 20.7 Å². The quantitative estimate of drug-likeness (QED) is 0.461. The number of anilines is 3. The van der Waals surface area contributed by atoms with Crippen molar-refractivity contribution in [2.45, 2.75) is 19.8 Å². The van der Waals surface area contributed by atoms with E-state index in [1.807, 2.05) is 31.2 Å². The highest BCUT2D eigenvalue weighted by Gasteiger charge is 2.30. The fourth-order valence-electron chi connectivity index (χ4n) is 3.17. The minimum absolute atomic E-state index is 0.0194. The molecule has 4 N–H and O–H groups in total. The number of carbonyl (C=O) groups excluding carboxylic acids is 2. The molecule has 4 rings (SSSR count). The van der Waals surface area contributed by atoms with Crippen LogP contribution in [0.25, 0.3) is 11.3 Å². The van der Waals surface area contributed by atoms with Crippen LogP contribution in [0.15, 0.2) is 30.3 Å². The average molecular weight is 421 g/mol. The van der Waals surface area contributed by atoms with E-state index in [-0.39, 0.29) is 23.3 Å². The lowest BCUT2D eigenvalue weighted by molar-refractivity contribution is -0.117. The van der Waals surface area contributed by atoms with E-state index in [1.165, 1.54) is 7.05 Å². The molecule has 0 unspecified atom stereocenters. The number of hydrogen-bond acceptors (Lipinski definition) is 7. The molecule has 2 heterocycles. The molecule has 0 atom stereocenters. The third-order valence-corrected chi connectivity index (χ3v) is 4.91. The number of H-pyrrole nitrogens is 1. The van der Waals surface area contributed by atoms with Gasteiger partial charge < -0.3 is 20.7 Å². The Bertz CT molecular complexity index is 1140. The maximum atomic E-state index is 12.3. The van der Waals surface area contributed by atoms with E-state index in [9.17, 15) is 9.59 Å². The first-order valence-electron chi connectivity index (χ1n) is 9.87. The second-order valence-electron chi connectivity index (χ2n) is 7.28. The van der Waals surface area contributed by atoms with E-state index in [1.54, 1.807) is 13.2 Å². The van der Waals surface area contributed by atoms with E-state index < -0.39 is 5.91 Å². The Balaban J connectivity index is 1.71. The van der Waals surface area contributed by atoms with Crippen molar-refractivity contribution >= 4 is 29.0 Å². The summed E-state index contributed by atoms with van der Waals surface area (Å²) >= 11 is 0. The number of aromatic nitrogens is 4. The summed E-state index contributed by atoms with van der Waals surface area (Å²) in [6, 6.07) is 9.07. The number of nitrogens with zero attached hydrogens (tertiary/aromatic N) is 3. The van der Waals surface area contributed by atoms with Crippen LogP contribution >= 0.6 is 0 Å². The predicted molar refractivity (Wildman–Crippen MR) is 115 cm³/mol. The molecule has 1 aliphatic rings. The van der Waals surface area contributed by atoms with Crippen molar-refractivity contribution < 1.29 is 14.3 Å². The SMILES string of the molecule is CNC(=O)c1nnc(NC(=O)C2CC2)cc1Nc1cccc(-c2cc(C)[nH]n2)c1OC. The lowest BCUT2D eigenvalue weighted by Gasteiger charge is -2.16. The third kappa shape index (κ3) is 4.32. The fourth-order valence-corrected chi connectivity index (χ4v) is 3.17. The smallest absolute Gasteiger partial charge is 0.273 e. The number of benzene rings is 1. The number of amides is 2. The minimum Gasteiger partial charge on any atom is -0.494 e. The first-order chi connectivity index (χ1) is 15.0. The molecule has 0 spiro atoms. The normalized spacial score (nSPS) is 12.9. The van der Waals surface area contributed by atoms with Gasteiger partial charge in [-0.1, -0.05) is 6.07 Å². The number of aromatic amines is 1. The fraction of sp³-hybridized carbons (Fsp3) is 0.286. The number of aryl methyl sites for hydroxylation is 1. The molecule has 10 nitrogen and oxygen atoms in total. The molecular formula is C21H23N7O3. The zero-order valence-corrected chi connectivity index (χ0v) is 17.4. The standard InChI is InChI=1S/C21H23N7O3/c1-11-9-15(26-25-11)13-5-4-6-14(19(13)31-3)23-16-10-17(24-20(29)12-7-8-12)27-28-18(16)21(30)22-2/h4-6,9-10,12H,7-8H2,1-3H3,(H,22,30)(H,25,26)(H2,23,24,27,29). The van der Waals surface area contributed by atoms with Crippen LogP contribution in [0.2, 0.25) is 0 Å². The number of rotatable bonds is 7. The Kier molecular flexibility index (Phi) is 5.52. The van der Waals surface area contributed by atoms with Crippen LogP contribution in [-0.4, -0.2) is 46.4 Å². The first-order valence-corrected chi connectivity index (χ1v) is 9.87. The number of methoxy groups -OCH3 is 1.